The van der Waals surface area contributed by atoms with Crippen LogP contribution in [-0.4, -0.2) is 26.8 Å². The first kappa shape index (κ1) is 8.25. The van der Waals surface area contributed by atoms with E-state index in [1.165, 1.54) is 0 Å². The molecule has 0 fully saturated rings. The van der Waals surface area contributed by atoms with Gasteiger partial charge in [0.25, 0.3) is 0 Å². The van der Waals surface area contributed by atoms with Gasteiger partial charge in [-0.1, -0.05) is 0 Å². The first-order valence-electron chi connectivity index (χ1n) is 2.90. The Morgan fingerprint density at radius 1 is 1.82 bits per heavy atom. The van der Waals surface area contributed by atoms with Crippen molar-refractivity contribution in [2.75, 3.05) is 6.54 Å². The molecule has 0 saturated heterocycles. The first-order valence-corrected chi connectivity index (χ1v) is 3.28. The van der Waals surface area contributed by atoms with Crippen molar-refractivity contribution in [3.8, 4) is 0 Å². The maximum atomic E-state index is 10.5. The second kappa shape index (κ2) is 3.51. The Labute approximate surface area is 66.7 Å². The highest BCUT2D eigenvalue weighted by Crippen LogP contribution is 2.01. The Morgan fingerprint density at radius 3 is 3.00 bits per heavy atom. The monoisotopic (exact) mass is 178 g/mol. The van der Waals surface area contributed by atoms with Gasteiger partial charge in [0.1, 0.15) is 6.10 Å². The molecule has 1 heterocycles. The molecule has 1 aromatic heterocycles. The van der Waals surface area contributed by atoms with Crippen LogP contribution in [0.1, 0.15) is 11.9 Å². The molecule has 62 valence electrons. The molecule has 7 heteroatoms. The number of aromatic nitrogens is 3. The van der Waals surface area contributed by atoms with Crippen LogP contribution in [0.5, 0.6) is 0 Å². The van der Waals surface area contributed by atoms with Crippen LogP contribution >= 0.6 is 11.8 Å². The Balaban J connectivity index is 2.68. The van der Waals surface area contributed by atoms with Gasteiger partial charge < -0.3 is 5.11 Å². The zero-order valence-electron chi connectivity index (χ0n) is 5.47. The molecule has 0 spiro atoms. The van der Waals surface area contributed by atoms with Gasteiger partial charge in [-0.25, -0.2) is 14.7 Å². The SMILES string of the molecule is O=c1[nH]nc(C(O)CNCl)[nH]1. The standard InChI is InChI=1S/C4H7ClN4O2/c5-6-1-2(10)3-7-4(11)9-8-3/h2,6,10H,1H2,(H2,7,8,9,11). The third-order valence-electron chi connectivity index (χ3n) is 1.11. The molecule has 0 aliphatic carbocycles. The van der Waals surface area contributed by atoms with E-state index in [4.69, 9.17) is 16.9 Å². The summed E-state index contributed by atoms with van der Waals surface area (Å²) < 4.78 is 0. The van der Waals surface area contributed by atoms with Crippen molar-refractivity contribution in [3.05, 3.63) is 16.3 Å². The van der Waals surface area contributed by atoms with E-state index in [0.717, 1.165) is 0 Å². The Kier molecular flexibility index (Phi) is 2.64. The van der Waals surface area contributed by atoms with E-state index in [9.17, 15) is 4.79 Å². The minimum Gasteiger partial charge on any atom is -0.384 e. The van der Waals surface area contributed by atoms with Crippen LogP contribution in [0.25, 0.3) is 0 Å². The van der Waals surface area contributed by atoms with Crippen LogP contribution in [-0.2, 0) is 0 Å². The lowest BCUT2D eigenvalue weighted by Gasteiger charge is -2.02. The van der Waals surface area contributed by atoms with Crippen molar-refractivity contribution in [2.24, 2.45) is 0 Å². The Morgan fingerprint density at radius 2 is 2.55 bits per heavy atom. The molecular weight excluding hydrogens is 172 g/mol. The zero-order valence-corrected chi connectivity index (χ0v) is 6.22. The van der Waals surface area contributed by atoms with Crippen molar-refractivity contribution in [2.45, 2.75) is 6.10 Å². The Hall–Kier alpha value is -0.850. The fourth-order valence-corrected chi connectivity index (χ4v) is 0.757. The van der Waals surface area contributed by atoms with Crippen LogP contribution in [0.2, 0.25) is 0 Å². The van der Waals surface area contributed by atoms with Crippen molar-refractivity contribution in [1.82, 2.24) is 20.0 Å². The molecule has 1 unspecified atom stereocenters. The number of nitrogens with zero attached hydrogens (tertiary/aromatic N) is 1. The summed E-state index contributed by atoms with van der Waals surface area (Å²) in [5, 5.41) is 14.7. The number of hydrogen-bond acceptors (Lipinski definition) is 4. The number of H-pyrrole nitrogens is 2. The molecule has 0 amide bonds. The molecule has 0 bridgehead atoms. The van der Waals surface area contributed by atoms with Gasteiger partial charge in [0.05, 0.1) is 0 Å². The largest absolute Gasteiger partial charge is 0.384 e. The van der Waals surface area contributed by atoms with E-state index >= 15 is 0 Å². The highest BCUT2D eigenvalue weighted by molar-refractivity contribution is 6.13. The topological polar surface area (TPSA) is 93.8 Å². The van der Waals surface area contributed by atoms with Gasteiger partial charge in [0.15, 0.2) is 5.82 Å². The molecule has 4 N–H and O–H groups in total. The van der Waals surface area contributed by atoms with Crippen LogP contribution in [0, 0.1) is 0 Å². The molecule has 1 aromatic rings. The van der Waals surface area contributed by atoms with E-state index < -0.39 is 11.8 Å². The lowest BCUT2D eigenvalue weighted by molar-refractivity contribution is 0.173. The average molecular weight is 179 g/mol. The van der Waals surface area contributed by atoms with Crippen molar-refractivity contribution >= 4 is 11.8 Å². The lowest BCUT2D eigenvalue weighted by Crippen LogP contribution is -2.14. The minimum absolute atomic E-state index is 0.127. The van der Waals surface area contributed by atoms with Crippen molar-refractivity contribution < 1.29 is 5.11 Å². The predicted molar refractivity (Wildman–Crippen MR) is 38.0 cm³/mol. The molecule has 1 atom stereocenters. The molecule has 0 aliphatic rings. The highest BCUT2D eigenvalue weighted by atomic mass is 35.5. The summed E-state index contributed by atoms with van der Waals surface area (Å²) in [7, 11) is 0. The van der Waals surface area contributed by atoms with Crippen LogP contribution in [0.3, 0.4) is 0 Å². The summed E-state index contributed by atoms with van der Waals surface area (Å²) in [6, 6.07) is 0. The van der Waals surface area contributed by atoms with Crippen molar-refractivity contribution in [3.63, 3.8) is 0 Å². The quantitative estimate of drug-likeness (QED) is 0.441. The summed E-state index contributed by atoms with van der Waals surface area (Å²) in [6.07, 6.45) is -0.897. The van der Waals surface area contributed by atoms with E-state index in [-0.39, 0.29) is 12.4 Å². The predicted octanol–water partition coefficient (Wildman–Crippen LogP) is -1.13. The van der Waals surface area contributed by atoms with E-state index in [1.54, 1.807) is 0 Å². The summed E-state index contributed by atoms with van der Waals surface area (Å²) in [5.74, 6) is 0.170. The van der Waals surface area contributed by atoms with Crippen LogP contribution < -0.4 is 10.5 Å². The van der Waals surface area contributed by atoms with Crippen LogP contribution in [0.4, 0.5) is 0 Å². The second-order valence-corrected chi connectivity index (χ2v) is 2.18. The number of hydrogen-bond donors (Lipinski definition) is 4. The highest BCUT2D eigenvalue weighted by Gasteiger charge is 2.09. The van der Waals surface area contributed by atoms with Gasteiger partial charge in [-0.15, -0.1) is 0 Å². The van der Waals surface area contributed by atoms with Crippen LogP contribution in [0.15, 0.2) is 4.79 Å². The molecule has 0 aliphatic heterocycles. The molecule has 0 aromatic carbocycles. The summed E-state index contributed by atoms with van der Waals surface area (Å²) in [5.41, 5.74) is -0.450. The summed E-state index contributed by atoms with van der Waals surface area (Å²) in [6.45, 7) is 0.127. The number of halogens is 1. The average Bonchev–Trinajstić information content (AvgIpc) is 2.36. The number of aromatic amines is 2. The van der Waals surface area contributed by atoms with Crippen molar-refractivity contribution in [1.29, 1.82) is 0 Å². The van der Waals surface area contributed by atoms with Gasteiger partial charge in [0.2, 0.25) is 0 Å². The van der Waals surface area contributed by atoms with E-state index in [1.807, 2.05) is 0 Å². The number of aliphatic hydroxyl groups excluding tert-OH is 1. The Bertz CT molecular complexity index is 269. The normalized spacial score (nSPS) is 13.3. The molecule has 0 radical (unpaired) electrons. The maximum Gasteiger partial charge on any atom is 0.340 e. The van der Waals surface area contributed by atoms with Gasteiger partial charge in [-0.2, -0.15) is 5.10 Å². The summed E-state index contributed by atoms with van der Waals surface area (Å²) >= 11 is 5.11. The van der Waals surface area contributed by atoms with Gasteiger partial charge in [-0.05, 0) is 11.8 Å². The minimum atomic E-state index is -0.897. The van der Waals surface area contributed by atoms with Gasteiger partial charge in [0, 0.05) is 6.54 Å². The smallest absolute Gasteiger partial charge is 0.340 e. The molecule has 0 saturated carbocycles. The molecule has 1 rings (SSSR count). The third-order valence-corrected chi connectivity index (χ3v) is 1.26. The zero-order chi connectivity index (χ0) is 8.27. The van der Waals surface area contributed by atoms with E-state index in [2.05, 4.69) is 20.0 Å². The third kappa shape index (κ3) is 2.04. The molecular formula is C4H7ClN4O2. The summed E-state index contributed by atoms with van der Waals surface area (Å²) in [4.78, 5) is 15.0. The molecule has 11 heavy (non-hydrogen) atoms. The van der Waals surface area contributed by atoms with E-state index in [0.29, 0.717) is 0 Å². The van der Waals surface area contributed by atoms with Gasteiger partial charge in [-0.3, -0.25) is 4.98 Å². The fourth-order valence-electron chi connectivity index (χ4n) is 0.611. The fraction of sp³-hybridized carbons (Fsp3) is 0.500. The first-order chi connectivity index (χ1) is 5.24. The lowest BCUT2D eigenvalue weighted by atomic mass is 10.3. The van der Waals surface area contributed by atoms with Gasteiger partial charge >= 0.3 is 5.69 Å². The number of rotatable bonds is 3. The number of aliphatic hydroxyl groups is 1. The second-order valence-electron chi connectivity index (χ2n) is 1.92. The maximum absolute atomic E-state index is 10.5. The molecule has 6 nitrogen and oxygen atoms in total. The number of nitrogens with one attached hydrogen (secondary N) is 3.